The Hall–Kier alpha value is -0.130. The fourth-order valence-corrected chi connectivity index (χ4v) is 3.08. The molecule has 0 N–H and O–H groups in total. The van der Waals surface area contributed by atoms with Crippen LogP contribution in [0.3, 0.4) is 0 Å². The smallest absolute Gasteiger partial charge is 0.226 e. The highest BCUT2D eigenvalue weighted by atomic mass is 32.2. The molecule has 0 unspecified atom stereocenters. The molecule has 0 rings (SSSR count). The van der Waals surface area contributed by atoms with Gasteiger partial charge in [0.1, 0.15) is 0 Å². The summed E-state index contributed by atoms with van der Waals surface area (Å²) in [5.74, 6) is 0. The summed E-state index contributed by atoms with van der Waals surface area (Å²) >= 11 is 0. The van der Waals surface area contributed by atoms with Crippen LogP contribution in [-0.4, -0.2) is 39.6 Å². The number of hydrogen-bond donors (Lipinski definition) is 0. The van der Waals surface area contributed by atoms with E-state index in [0.717, 1.165) is 19.3 Å². The molecule has 0 fully saturated rings. The largest absolute Gasteiger partial charge is 0.435 e. The van der Waals surface area contributed by atoms with Crippen LogP contribution in [0.4, 0.5) is 0 Å². The predicted octanol–water partition coefficient (Wildman–Crippen LogP) is 3.87. The fraction of sp³-hybridized carbons (Fsp3) is 1.00. The van der Waals surface area contributed by atoms with Crippen molar-refractivity contribution < 1.29 is 16.5 Å². The van der Waals surface area contributed by atoms with Gasteiger partial charge in [-0.15, -0.1) is 8.42 Å². The van der Waals surface area contributed by atoms with Crippen molar-refractivity contribution in [2.24, 2.45) is 0 Å². The molecule has 0 aromatic heterocycles. The van der Waals surface area contributed by atoms with Crippen molar-refractivity contribution in [1.29, 1.82) is 0 Å². The third kappa shape index (κ3) is 8.22. The Morgan fingerprint density at radius 2 is 1.30 bits per heavy atom. The van der Waals surface area contributed by atoms with Gasteiger partial charge in [-0.25, -0.2) is 4.18 Å². The van der Waals surface area contributed by atoms with Gasteiger partial charge in [-0.1, -0.05) is 52.4 Å². The van der Waals surface area contributed by atoms with Crippen LogP contribution in [0.5, 0.6) is 0 Å². The molecule has 0 amide bonds. The van der Waals surface area contributed by atoms with Crippen molar-refractivity contribution >= 4 is 10.3 Å². The Kier molecular flexibility index (Phi) is 10.5. The molecule has 0 aliphatic carbocycles. The number of unbranched alkanes of at least 4 members (excludes halogenated alkanes) is 7. The first-order valence-electron chi connectivity index (χ1n) is 8.10. The highest BCUT2D eigenvalue weighted by Gasteiger charge is 2.33. The first-order chi connectivity index (χ1) is 9.37. The van der Waals surface area contributed by atoms with Crippen molar-refractivity contribution in [3.05, 3.63) is 0 Å². The highest BCUT2D eigenvalue weighted by Crippen LogP contribution is 2.15. The van der Waals surface area contributed by atoms with Gasteiger partial charge >= 0.3 is 10.3 Å². The summed E-state index contributed by atoms with van der Waals surface area (Å²) < 4.78 is 28.9. The van der Waals surface area contributed by atoms with E-state index < -0.39 is 10.3 Å². The summed E-state index contributed by atoms with van der Waals surface area (Å²) in [5, 5.41) is 0. The summed E-state index contributed by atoms with van der Waals surface area (Å²) in [6, 6.07) is 0. The molecule has 5 heteroatoms. The van der Waals surface area contributed by atoms with Crippen LogP contribution in [0.2, 0.25) is 0 Å². The van der Waals surface area contributed by atoms with E-state index in [4.69, 9.17) is 4.18 Å². The first kappa shape index (κ1) is 19.9. The molecule has 0 radical (unpaired) electrons. The predicted molar refractivity (Wildman–Crippen MR) is 84.7 cm³/mol. The van der Waals surface area contributed by atoms with E-state index in [1.165, 1.54) is 38.5 Å². The maximum Gasteiger partial charge on any atom is 0.435 e. The Morgan fingerprint density at radius 3 is 1.80 bits per heavy atom. The van der Waals surface area contributed by atoms with E-state index in [0.29, 0.717) is 6.54 Å². The fourth-order valence-electron chi connectivity index (χ4n) is 2.07. The van der Waals surface area contributed by atoms with Gasteiger partial charge in [0, 0.05) is 0 Å². The monoisotopic (exact) mass is 308 g/mol. The second-order valence-corrected chi connectivity index (χ2v) is 8.10. The van der Waals surface area contributed by atoms with Crippen molar-refractivity contribution in [2.75, 3.05) is 27.2 Å². The zero-order chi connectivity index (χ0) is 15.5. The number of quaternary nitrogens is 1. The summed E-state index contributed by atoms with van der Waals surface area (Å²) in [5.41, 5.74) is 0. The van der Waals surface area contributed by atoms with E-state index in [-0.39, 0.29) is 10.5 Å². The molecule has 0 aliphatic rings. The van der Waals surface area contributed by atoms with Crippen LogP contribution in [0.15, 0.2) is 0 Å². The Balaban J connectivity index is 3.82. The standard InChI is InChI=1S/C15H34NO3S/c1-5-7-8-9-10-11-12-13-14-16(3,4)20(17,18)19-15-6-2/h5-15H2,1-4H3/q+1. The lowest BCUT2D eigenvalue weighted by atomic mass is 10.1. The van der Waals surface area contributed by atoms with E-state index in [9.17, 15) is 8.42 Å². The molecule has 0 aromatic carbocycles. The minimum Gasteiger partial charge on any atom is -0.226 e. The van der Waals surface area contributed by atoms with Crippen LogP contribution in [0.25, 0.3) is 0 Å². The normalized spacial score (nSPS) is 12.8. The Bertz CT molecular complexity index is 326. The first-order valence-corrected chi connectivity index (χ1v) is 9.46. The van der Waals surface area contributed by atoms with E-state index in [2.05, 4.69) is 6.92 Å². The lowest BCUT2D eigenvalue weighted by Crippen LogP contribution is -2.47. The van der Waals surface area contributed by atoms with Gasteiger partial charge in [-0.05, 0) is 19.3 Å². The molecule has 0 saturated carbocycles. The maximum atomic E-state index is 12.0. The van der Waals surface area contributed by atoms with Crippen molar-refractivity contribution in [3.8, 4) is 0 Å². The van der Waals surface area contributed by atoms with E-state index in [1.807, 2.05) is 6.92 Å². The van der Waals surface area contributed by atoms with Crippen LogP contribution < -0.4 is 0 Å². The molecular formula is C15H34NO3S+. The van der Waals surface area contributed by atoms with Crippen molar-refractivity contribution in [1.82, 2.24) is 0 Å². The molecule has 0 heterocycles. The van der Waals surface area contributed by atoms with Gasteiger partial charge in [-0.3, -0.25) is 0 Å². The molecule has 20 heavy (non-hydrogen) atoms. The third-order valence-corrected chi connectivity index (χ3v) is 5.45. The zero-order valence-corrected chi connectivity index (χ0v) is 14.7. The average molecular weight is 309 g/mol. The molecule has 0 spiro atoms. The van der Waals surface area contributed by atoms with Crippen LogP contribution in [0, 0.1) is 0 Å². The molecule has 0 saturated heterocycles. The van der Waals surface area contributed by atoms with Crippen molar-refractivity contribution in [3.63, 3.8) is 0 Å². The minimum absolute atomic E-state index is 0.0666. The molecular weight excluding hydrogens is 274 g/mol. The van der Waals surface area contributed by atoms with Gasteiger partial charge in [-0.2, -0.15) is 3.89 Å². The van der Waals surface area contributed by atoms with Crippen LogP contribution in [-0.2, 0) is 14.5 Å². The molecule has 122 valence electrons. The molecule has 0 aromatic rings. The summed E-state index contributed by atoms with van der Waals surface area (Å²) in [6.45, 7) is 5.04. The Labute approximate surface area is 126 Å². The maximum absolute atomic E-state index is 12.0. The minimum atomic E-state index is -3.49. The van der Waals surface area contributed by atoms with Crippen molar-refractivity contribution in [2.45, 2.75) is 71.6 Å². The molecule has 0 atom stereocenters. The van der Waals surface area contributed by atoms with Gasteiger partial charge in [0.25, 0.3) is 0 Å². The lowest BCUT2D eigenvalue weighted by Gasteiger charge is -2.26. The molecule has 0 bridgehead atoms. The van der Waals surface area contributed by atoms with Crippen LogP contribution >= 0.6 is 0 Å². The topological polar surface area (TPSA) is 43.4 Å². The second-order valence-electron chi connectivity index (χ2n) is 6.02. The molecule has 0 aliphatic heterocycles. The quantitative estimate of drug-likeness (QED) is 0.383. The lowest BCUT2D eigenvalue weighted by molar-refractivity contribution is -0.768. The van der Waals surface area contributed by atoms with Gasteiger partial charge in [0.15, 0.2) is 0 Å². The van der Waals surface area contributed by atoms with E-state index >= 15 is 0 Å². The summed E-state index contributed by atoms with van der Waals surface area (Å²) in [6.07, 6.45) is 10.5. The van der Waals surface area contributed by atoms with Gasteiger partial charge < -0.3 is 0 Å². The summed E-state index contributed by atoms with van der Waals surface area (Å²) in [7, 11) is -0.0602. The zero-order valence-electron chi connectivity index (χ0n) is 13.9. The van der Waals surface area contributed by atoms with E-state index in [1.54, 1.807) is 14.1 Å². The number of hydrogen-bond acceptors (Lipinski definition) is 3. The van der Waals surface area contributed by atoms with Crippen LogP contribution in [0.1, 0.15) is 71.6 Å². The molecule has 4 nitrogen and oxygen atoms in total. The highest BCUT2D eigenvalue weighted by molar-refractivity contribution is 7.81. The SMILES string of the molecule is CCCCCCCCCC[N+](C)(C)S(=O)(=O)OCCC. The number of nitrogens with zero attached hydrogens (tertiary/aromatic N) is 1. The van der Waals surface area contributed by atoms with Gasteiger partial charge in [0.05, 0.1) is 27.2 Å². The van der Waals surface area contributed by atoms with Gasteiger partial charge in [0.2, 0.25) is 0 Å². The summed E-state index contributed by atoms with van der Waals surface area (Å²) in [4.78, 5) is 0. The Morgan fingerprint density at radius 1 is 0.800 bits per heavy atom. The average Bonchev–Trinajstić information content (AvgIpc) is 2.39. The number of rotatable bonds is 13. The third-order valence-electron chi connectivity index (χ3n) is 3.59. The second kappa shape index (κ2) is 10.6.